The zero-order chi connectivity index (χ0) is 15.7. The lowest BCUT2D eigenvalue weighted by Crippen LogP contribution is -2.39. The third-order valence-electron chi connectivity index (χ3n) is 4.25. The van der Waals surface area contributed by atoms with Crippen molar-refractivity contribution in [3.8, 4) is 0 Å². The molecule has 2 N–H and O–H groups in total. The Kier molecular flexibility index (Phi) is 6.84. The molecule has 3 rings (SSSR count). The molecule has 0 aliphatic carbocycles. The molecule has 2 saturated heterocycles. The molecular weight excluding hydrogens is 380 g/mol. The van der Waals surface area contributed by atoms with E-state index in [0.29, 0.717) is 39.4 Å². The Hall–Kier alpha value is -0.230. The van der Waals surface area contributed by atoms with Gasteiger partial charge in [0.2, 0.25) is 5.91 Å². The number of fused-ring (bicyclic) bond motifs is 2. The van der Waals surface area contributed by atoms with E-state index in [9.17, 15) is 4.79 Å². The van der Waals surface area contributed by atoms with E-state index in [1.807, 2.05) is 0 Å². The van der Waals surface area contributed by atoms with Gasteiger partial charge < -0.3 is 10.6 Å². The molecule has 128 valence electrons. The minimum absolute atomic E-state index is 0. The number of nitrogens with one attached hydrogen (secondary N) is 2. The van der Waals surface area contributed by atoms with Crippen molar-refractivity contribution in [2.75, 3.05) is 25.0 Å². The number of hydrogen-bond acceptors (Lipinski definition) is 3. The van der Waals surface area contributed by atoms with E-state index < -0.39 is 0 Å². The van der Waals surface area contributed by atoms with Gasteiger partial charge in [0, 0.05) is 30.2 Å². The first kappa shape index (κ1) is 19.1. The molecule has 0 radical (unpaired) electrons. The van der Waals surface area contributed by atoms with E-state index in [-0.39, 0.29) is 18.3 Å². The minimum Gasteiger partial charge on any atom is -0.322 e. The first-order chi connectivity index (χ1) is 10.5. The van der Waals surface area contributed by atoms with Crippen molar-refractivity contribution >= 4 is 58.8 Å². The molecule has 0 aromatic heterocycles. The highest BCUT2D eigenvalue weighted by Crippen LogP contribution is 2.33. The maximum Gasteiger partial charge on any atom is 0.238 e. The Morgan fingerprint density at radius 2 is 1.83 bits per heavy atom. The lowest BCUT2D eigenvalue weighted by molar-refractivity contribution is -0.117. The highest BCUT2D eigenvalue weighted by molar-refractivity contribution is 6.42. The highest BCUT2D eigenvalue weighted by Gasteiger charge is 2.29. The number of carbonyl (C=O) groups excluding carboxylic acids is 1. The molecule has 2 aliphatic rings. The number of halogens is 4. The summed E-state index contributed by atoms with van der Waals surface area (Å²) in [6, 6.07) is 4.25. The zero-order valence-electron chi connectivity index (χ0n) is 12.4. The maximum absolute atomic E-state index is 12.3. The fourth-order valence-corrected chi connectivity index (χ4v) is 4.11. The number of benzene rings is 1. The van der Waals surface area contributed by atoms with Crippen molar-refractivity contribution in [1.29, 1.82) is 0 Å². The SMILES string of the molecule is Cl.O=C(CN1CCC2CCC(C1)N2)Nc1c(Cl)cc(Cl)cc1Cl. The molecule has 2 atom stereocenters. The molecule has 2 fully saturated rings. The van der Waals surface area contributed by atoms with Gasteiger partial charge in [0.15, 0.2) is 0 Å². The fourth-order valence-electron chi connectivity index (χ4n) is 3.20. The van der Waals surface area contributed by atoms with Crippen LogP contribution in [-0.4, -0.2) is 42.5 Å². The summed E-state index contributed by atoms with van der Waals surface area (Å²) in [7, 11) is 0. The summed E-state index contributed by atoms with van der Waals surface area (Å²) in [4.78, 5) is 14.4. The lowest BCUT2D eigenvalue weighted by atomic mass is 10.1. The van der Waals surface area contributed by atoms with Gasteiger partial charge in [-0.2, -0.15) is 0 Å². The third-order valence-corrected chi connectivity index (χ3v) is 5.06. The van der Waals surface area contributed by atoms with Gasteiger partial charge in [-0.05, 0) is 31.4 Å². The Bertz CT molecular complexity index is 561. The van der Waals surface area contributed by atoms with Gasteiger partial charge in [0.1, 0.15) is 0 Å². The summed E-state index contributed by atoms with van der Waals surface area (Å²) < 4.78 is 0. The van der Waals surface area contributed by atoms with E-state index in [0.717, 1.165) is 19.5 Å². The van der Waals surface area contributed by atoms with Gasteiger partial charge >= 0.3 is 0 Å². The topological polar surface area (TPSA) is 44.4 Å². The van der Waals surface area contributed by atoms with Crippen LogP contribution < -0.4 is 10.6 Å². The van der Waals surface area contributed by atoms with E-state index in [1.165, 1.54) is 12.8 Å². The molecule has 2 aliphatic heterocycles. The molecule has 8 heteroatoms. The standard InChI is InChI=1S/C15H18Cl3N3O.ClH/c16-9-5-12(17)15(13(18)6-9)20-14(22)8-21-4-3-10-1-2-11(7-21)19-10;/h5-6,10-11,19H,1-4,7-8H2,(H,20,22);1H. The summed E-state index contributed by atoms with van der Waals surface area (Å²) in [5.74, 6) is -0.108. The number of nitrogens with zero attached hydrogens (tertiary/aromatic N) is 1. The van der Waals surface area contributed by atoms with Crippen LogP contribution >= 0.6 is 47.2 Å². The van der Waals surface area contributed by atoms with Crippen molar-refractivity contribution in [1.82, 2.24) is 10.2 Å². The molecule has 2 bridgehead atoms. The molecular formula is C15H19Cl4N3O. The molecule has 23 heavy (non-hydrogen) atoms. The Morgan fingerprint density at radius 1 is 1.17 bits per heavy atom. The van der Waals surface area contributed by atoms with Crippen LogP contribution in [0.4, 0.5) is 5.69 Å². The van der Waals surface area contributed by atoms with Gasteiger partial charge in [0.05, 0.1) is 22.3 Å². The van der Waals surface area contributed by atoms with E-state index in [4.69, 9.17) is 34.8 Å². The Morgan fingerprint density at radius 3 is 2.52 bits per heavy atom. The number of amides is 1. The molecule has 0 saturated carbocycles. The Balaban J connectivity index is 0.00000192. The summed E-state index contributed by atoms with van der Waals surface area (Å²) in [6.07, 6.45) is 3.53. The van der Waals surface area contributed by atoms with Crippen LogP contribution in [0.25, 0.3) is 0 Å². The molecule has 1 aromatic rings. The van der Waals surface area contributed by atoms with Crippen molar-refractivity contribution < 1.29 is 4.79 Å². The first-order valence-corrected chi connectivity index (χ1v) is 8.57. The van der Waals surface area contributed by atoms with Crippen LogP contribution in [0.15, 0.2) is 12.1 Å². The van der Waals surface area contributed by atoms with Crippen LogP contribution in [-0.2, 0) is 4.79 Å². The van der Waals surface area contributed by atoms with Crippen LogP contribution in [0.5, 0.6) is 0 Å². The normalized spacial score (nSPS) is 24.0. The molecule has 0 spiro atoms. The van der Waals surface area contributed by atoms with Gasteiger partial charge in [-0.3, -0.25) is 9.69 Å². The summed E-state index contributed by atoms with van der Waals surface area (Å²) >= 11 is 18.1. The number of anilines is 1. The molecule has 1 amide bonds. The smallest absolute Gasteiger partial charge is 0.238 e. The second-order valence-corrected chi connectivity index (χ2v) is 7.21. The second-order valence-electron chi connectivity index (χ2n) is 5.95. The van der Waals surface area contributed by atoms with Gasteiger partial charge in [-0.15, -0.1) is 12.4 Å². The largest absolute Gasteiger partial charge is 0.322 e. The average Bonchev–Trinajstić information content (AvgIpc) is 2.77. The van der Waals surface area contributed by atoms with E-state index in [2.05, 4.69) is 15.5 Å². The number of rotatable bonds is 3. The fraction of sp³-hybridized carbons (Fsp3) is 0.533. The van der Waals surface area contributed by atoms with Gasteiger partial charge in [-0.1, -0.05) is 34.8 Å². The van der Waals surface area contributed by atoms with Crippen LogP contribution in [0, 0.1) is 0 Å². The van der Waals surface area contributed by atoms with E-state index >= 15 is 0 Å². The molecule has 1 aromatic carbocycles. The summed E-state index contributed by atoms with van der Waals surface area (Å²) in [6.45, 7) is 2.19. The van der Waals surface area contributed by atoms with Gasteiger partial charge in [-0.25, -0.2) is 0 Å². The number of likely N-dealkylation sites (tertiary alicyclic amines) is 1. The Labute approximate surface area is 157 Å². The summed E-state index contributed by atoms with van der Waals surface area (Å²) in [5, 5.41) is 7.54. The van der Waals surface area contributed by atoms with Crippen molar-refractivity contribution in [3.05, 3.63) is 27.2 Å². The van der Waals surface area contributed by atoms with Gasteiger partial charge in [0.25, 0.3) is 0 Å². The molecule has 4 nitrogen and oxygen atoms in total. The third kappa shape index (κ3) is 4.88. The molecule has 2 heterocycles. The summed E-state index contributed by atoms with van der Waals surface area (Å²) in [5.41, 5.74) is 0.423. The lowest BCUT2D eigenvalue weighted by Gasteiger charge is -2.23. The van der Waals surface area contributed by atoms with Crippen LogP contribution in [0.2, 0.25) is 15.1 Å². The quantitative estimate of drug-likeness (QED) is 0.812. The zero-order valence-corrected chi connectivity index (χ0v) is 15.5. The first-order valence-electron chi connectivity index (χ1n) is 7.44. The predicted molar refractivity (Wildman–Crippen MR) is 98.4 cm³/mol. The minimum atomic E-state index is -0.108. The highest BCUT2D eigenvalue weighted by atomic mass is 35.5. The maximum atomic E-state index is 12.3. The van der Waals surface area contributed by atoms with Crippen LogP contribution in [0.1, 0.15) is 19.3 Å². The van der Waals surface area contributed by atoms with E-state index in [1.54, 1.807) is 12.1 Å². The average molecular weight is 399 g/mol. The van der Waals surface area contributed by atoms with Crippen molar-refractivity contribution in [3.63, 3.8) is 0 Å². The second kappa shape index (κ2) is 8.24. The van der Waals surface area contributed by atoms with Crippen LogP contribution in [0.3, 0.4) is 0 Å². The molecule has 2 unspecified atom stereocenters. The van der Waals surface area contributed by atoms with Crippen molar-refractivity contribution in [2.24, 2.45) is 0 Å². The number of hydrogen-bond donors (Lipinski definition) is 2. The predicted octanol–water partition coefficient (Wildman–Crippen LogP) is 3.83. The number of carbonyl (C=O) groups is 1. The monoisotopic (exact) mass is 397 g/mol. The van der Waals surface area contributed by atoms with Crippen molar-refractivity contribution in [2.45, 2.75) is 31.3 Å².